The van der Waals surface area contributed by atoms with Crippen LogP contribution in [-0.4, -0.2) is 75.2 Å². The number of hydrogen-bond donors (Lipinski definition) is 3. The average Bonchev–Trinajstić information content (AvgIpc) is 3.28. The highest BCUT2D eigenvalue weighted by Crippen LogP contribution is 2.52. The number of piperidine rings is 1. The highest BCUT2D eigenvalue weighted by molar-refractivity contribution is 7.99. The summed E-state index contributed by atoms with van der Waals surface area (Å²) in [7, 11) is 0. The van der Waals surface area contributed by atoms with Crippen molar-refractivity contribution in [3.63, 3.8) is 0 Å². The molecule has 0 unspecified atom stereocenters. The van der Waals surface area contributed by atoms with Crippen molar-refractivity contribution in [3.8, 4) is 5.75 Å². The molecule has 4 aliphatic rings. The highest BCUT2D eigenvalue weighted by Gasteiger charge is 2.50. The van der Waals surface area contributed by atoms with Gasteiger partial charge in [-0.2, -0.15) is 0 Å². The second kappa shape index (κ2) is 11.3. The van der Waals surface area contributed by atoms with Gasteiger partial charge in [-0.05, 0) is 64.7 Å². The number of ether oxygens (including phenoxy) is 3. The number of pyridine rings is 2. The fourth-order valence-corrected chi connectivity index (χ4v) is 7.67. The van der Waals surface area contributed by atoms with E-state index in [1.54, 1.807) is 6.20 Å². The summed E-state index contributed by atoms with van der Waals surface area (Å²) in [5.74, 6) is 2.09. The largest absolute Gasteiger partial charge is 0.486 e. The third kappa shape index (κ3) is 5.66. The van der Waals surface area contributed by atoms with Crippen LogP contribution in [0.2, 0.25) is 0 Å². The fourth-order valence-electron chi connectivity index (χ4n) is 6.74. The van der Waals surface area contributed by atoms with Gasteiger partial charge in [0.2, 0.25) is 0 Å². The molecule has 3 N–H and O–H groups in total. The predicted molar refractivity (Wildman–Crippen MR) is 168 cm³/mol. The molecule has 0 radical (unpaired) electrons. The van der Waals surface area contributed by atoms with E-state index < -0.39 is 11.7 Å². The van der Waals surface area contributed by atoms with E-state index in [9.17, 15) is 9.90 Å². The monoisotopic (exact) mass is 633 g/mol. The summed E-state index contributed by atoms with van der Waals surface area (Å²) in [4.78, 5) is 35.0. The van der Waals surface area contributed by atoms with Crippen molar-refractivity contribution >= 4 is 29.5 Å². The molecule has 12 nitrogen and oxygen atoms in total. The zero-order chi connectivity index (χ0) is 31.4. The van der Waals surface area contributed by atoms with Gasteiger partial charge in [0, 0.05) is 36.6 Å². The molecule has 7 rings (SSSR count). The van der Waals surface area contributed by atoms with Gasteiger partial charge in [0.1, 0.15) is 28.5 Å². The molecule has 0 bridgehead atoms. The second-order valence-corrected chi connectivity index (χ2v) is 14.5. The lowest BCUT2D eigenvalue weighted by Gasteiger charge is -2.45. The number of aryl methyl sites for hydroxylation is 1. The number of carbonyl (C=O) groups is 1. The number of fused-ring (bicyclic) bond motifs is 2. The van der Waals surface area contributed by atoms with Crippen LogP contribution in [0.3, 0.4) is 0 Å². The molecule has 3 aliphatic heterocycles. The standard InChI is InChI=1S/C32H39N7O5S/c1-19-28(45-23-7-11-34-26-24(23)43-18-32(38-26)16-42-17-32)36-22(15-40)27(35-19)39-12-8-31(9-13-39)14-21-20(6-5-10-33-21)25(31)37-29(41)44-30(2,3)4/h5-7,10-11,25,40H,8-9,12-18H2,1-4H3,(H,34,38)(H,37,41)/t25-/m1/s1. The third-order valence-electron chi connectivity index (χ3n) is 9.02. The number of amides is 1. The van der Waals surface area contributed by atoms with E-state index in [0.717, 1.165) is 41.1 Å². The Balaban J connectivity index is 1.09. The molecular formula is C32H39N7O5S. The van der Waals surface area contributed by atoms with Crippen LogP contribution in [-0.2, 0) is 22.5 Å². The summed E-state index contributed by atoms with van der Waals surface area (Å²) >= 11 is 1.46. The first-order valence-electron chi connectivity index (χ1n) is 15.4. The van der Waals surface area contributed by atoms with Crippen molar-refractivity contribution in [1.29, 1.82) is 0 Å². The fraction of sp³-hybridized carbons (Fsp3) is 0.531. The molecule has 238 valence electrons. The molecule has 13 heteroatoms. The maximum Gasteiger partial charge on any atom is 0.408 e. The van der Waals surface area contributed by atoms with Crippen molar-refractivity contribution in [3.05, 3.63) is 53.2 Å². The van der Waals surface area contributed by atoms with Crippen LogP contribution in [0.15, 0.2) is 40.5 Å². The van der Waals surface area contributed by atoms with Crippen LogP contribution in [0.5, 0.6) is 5.75 Å². The maximum atomic E-state index is 12.9. The predicted octanol–water partition coefficient (Wildman–Crippen LogP) is 4.20. The Bertz CT molecular complexity index is 1620. The maximum absolute atomic E-state index is 12.9. The minimum atomic E-state index is -0.590. The number of alkyl carbamates (subject to hydrolysis) is 1. The Morgan fingerprint density at radius 3 is 2.69 bits per heavy atom. The number of aliphatic hydroxyl groups excluding tert-OH is 1. The molecule has 1 atom stereocenters. The van der Waals surface area contributed by atoms with Crippen LogP contribution in [0, 0.1) is 12.3 Å². The van der Waals surface area contributed by atoms with Crippen molar-refractivity contribution < 1.29 is 24.1 Å². The summed E-state index contributed by atoms with van der Waals surface area (Å²) in [6.07, 6.45) is 5.55. The molecule has 2 fully saturated rings. The first-order valence-corrected chi connectivity index (χ1v) is 16.2. The average molecular weight is 634 g/mol. The molecule has 0 aromatic carbocycles. The molecule has 0 saturated carbocycles. The van der Waals surface area contributed by atoms with Crippen molar-refractivity contribution in [2.75, 3.05) is 43.1 Å². The molecule has 2 spiro atoms. The zero-order valence-corrected chi connectivity index (χ0v) is 26.9. The number of nitrogens with zero attached hydrogens (tertiary/aromatic N) is 5. The molecule has 3 aromatic heterocycles. The van der Waals surface area contributed by atoms with E-state index in [0.29, 0.717) is 61.0 Å². The Labute approximate surface area is 266 Å². The van der Waals surface area contributed by atoms with E-state index in [1.165, 1.54) is 11.8 Å². The molecule has 3 aromatic rings. The van der Waals surface area contributed by atoms with E-state index in [-0.39, 0.29) is 23.6 Å². The number of aromatic nitrogens is 4. The Hall–Kier alpha value is -3.68. The summed E-state index contributed by atoms with van der Waals surface area (Å²) in [6.45, 7) is 10.4. The van der Waals surface area contributed by atoms with E-state index in [4.69, 9.17) is 24.2 Å². The van der Waals surface area contributed by atoms with Gasteiger partial charge in [0.15, 0.2) is 17.4 Å². The van der Waals surface area contributed by atoms with Crippen molar-refractivity contribution in [2.45, 2.75) is 80.7 Å². The zero-order valence-electron chi connectivity index (χ0n) is 26.1. The van der Waals surface area contributed by atoms with Gasteiger partial charge in [0.25, 0.3) is 0 Å². The SMILES string of the molecule is Cc1nc(N2CCC3(CC2)Cc2ncccc2[C@H]3NC(=O)OC(C)(C)C)c(CO)nc1Sc1ccnc2c1OCC1(COC1)N2. The van der Waals surface area contributed by atoms with E-state index >= 15 is 0 Å². The minimum absolute atomic E-state index is 0.194. The number of aliphatic hydroxyl groups is 1. The summed E-state index contributed by atoms with van der Waals surface area (Å²) in [5, 5.41) is 17.8. The number of nitrogens with one attached hydrogen (secondary N) is 2. The topological polar surface area (TPSA) is 144 Å². The van der Waals surface area contributed by atoms with Gasteiger partial charge >= 0.3 is 6.09 Å². The van der Waals surface area contributed by atoms with Gasteiger partial charge in [0.05, 0.1) is 36.5 Å². The van der Waals surface area contributed by atoms with Crippen LogP contribution in [0.4, 0.5) is 16.4 Å². The number of rotatable bonds is 5. The normalized spacial score (nSPS) is 20.9. The first-order chi connectivity index (χ1) is 21.6. The van der Waals surface area contributed by atoms with Gasteiger partial charge in [-0.3, -0.25) is 4.98 Å². The lowest BCUT2D eigenvalue weighted by Crippen LogP contribution is -2.61. The molecule has 45 heavy (non-hydrogen) atoms. The molecular weight excluding hydrogens is 594 g/mol. The number of anilines is 2. The Kier molecular flexibility index (Phi) is 7.52. The number of hydrogen-bond acceptors (Lipinski definition) is 12. The highest BCUT2D eigenvalue weighted by atomic mass is 32.2. The molecule has 1 amide bonds. The van der Waals surface area contributed by atoms with Crippen LogP contribution in [0.25, 0.3) is 0 Å². The van der Waals surface area contributed by atoms with E-state index in [1.807, 2.05) is 46.0 Å². The quantitative estimate of drug-likeness (QED) is 0.370. The lowest BCUT2D eigenvalue weighted by atomic mass is 9.73. The van der Waals surface area contributed by atoms with Gasteiger partial charge < -0.3 is 34.9 Å². The number of carbonyl (C=O) groups excluding carboxylic acids is 1. The Morgan fingerprint density at radius 2 is 1.98 bits per heavy atom. The summed E-state index contributed by atoms with van der Waals surface area (Å²) < 4.78 is 17.2. The summed E-state index contributed by atoms with van der Waals surface area (Å²) in [5.41, 5.74) is 2.39. The van der Waals surface area contributed by atoms with Crippen LogP contribution < -0.4 is 20.3 Å². The smallest absolute Gasteiger partial charge is 0.408 e. The van der Waals surface area contributed by atoms with Gasteiger partial charge in [-0.25, -0.2) is 19.7 Å². The van der Waals surface area contributed by atoms with Gasteiger partial charge in [-0.15, -0.1) is 0 Å². The lowest BCUT2D eigenvalue weighted by molar-refractivity contribution is -0.0652. The van der Waals surface area contributed by atoms with Crippen LogP contribution >= 0.6 is 11.8 Å². The molecule has 2 saturated heterocycles. The Morgan fingerprint density at radius 1 is 1.18 bits per heavy atom. The first kappa shape index (κ1) is 30.0. The van der Waals surface area contributed by atoms with Gasteiger partial charge in [-0.1, -0.05) is 17.8 Å². The second-order valence-electron chi connectivity index (χ2n) is 13.5. The van der Waals surface area contributed by atoms with Crippen molar-refractivity contribution in [1.82, 2.24) is 25.3 Å². The summed E-state index contributed by atoms with van der Waals surface area (Å²) in [6, 6.07) is 5.69. The minimum Gasteiger partial charge on any atom is -0.486 e. The third-order valence-corrected chi connectivity index (χ3v) is 10.1. The van der Waals surface area contributed by atoms with Crippen molar-refractivity contribution in [2.24, 2.45) is 5.41 Å². The van der Waals surface area contributed by atoms with E-state index in [2.05, 4.69) is 31.6 Å². The molecule has 1 aliphatic carbocycles. The van der Waals surface area contributed by atoms with Crippen LogP contribution in [0.1, 0.15) is 62.3 Å². The molecule has 6 heterocycles.